The molecule has 1 heterocycles. The smallest absolute Gasteiger partial charge is 0.234 e. The molecule has 6 nitrogen and oxygen atoms in total. The second kappa shape index (κ2) is 9.46. The van der Waals surface area contributed by atoms with E-state index < -0.39 is 0 Å². The van der Waals surface area contributed by atoms with Gasteiger partial charge in [-0.05, 0) is 37.6 Å². The van der Waals surface area contributed by atoms with Gasteiger partial charge < -0.3 is 20.1 Å². The van der Waals surface area contributed by atoms with Crippen LogP contribution < -0.4 is 15.0 Å². The van der Waals surface area contributed by atoms with E-state index in [1.54, 1.807) is 6.07 Å². The summed E-state index contributed by atoms with van der Waals surface area (Å²) in [4.78, 5) is 16.5. The highest BCUT2D eigenvalue weighted by molar-refractivity contribution is 5.78. The van der Waals surface area contributed by atoms with Gasteiger partial charge >= 0.3 is 0 Å². The number of aromatic hydroxyl groups is 1. The van der Waals surface area contributed by atoms with Crippen LogP contribution in [-0.2, 0) is 4.79 Å². The molecular formula is C22H29N3O3. The van der Waals surface area contributed by atoms with Crippen molar-refractivity contribution in [2.24, 2.45) is 0 Å². The first kappa shape index (κ1) is 20.0. The number of rotatable bonds is 7. The van der Waals surface area contributed by atoms with Gasteiger partial charge in [-0.15, -0.1) is 0 Å². The molecule has 2 aromatic carbocycles. The number of benzene rings is 2. The molecule has 1 amide bonds. The minimum absolute atomic E-state index is 0.0141. The van der Waals surface area contributed by atoms with Gasteiger partial charge in [-0.25, -0.2) is 0 Å². The van der Waals surface area contributed by atoms with Crippen LogP contribution in [0.25, 0.3) is 0 Å². The number of aryl methyl sites for hydroxylation is 2. The van der Waals surface area contributed by atoms with Crippen molar-refractivity contribution in [2.75, 3.05) is 50.8 Å². The molecule has 0 unspecified atom stereocenters. The fourth-order valence-corrected chi connectivity index (χ4v) is 3.45. The van der Waals surface area contributed by atoms with Gasteiger partial charge in [0.25, 0.3) is 0 Å². The van der Waals surface area contributed by atoms with Crippen LogP contribution >= 0.6 is 0 Å². The molecule has 0 aliphatic carbocycles. The molecular weight excluding hydrogens is 354 g/mol. The van der Waals surface area contributed by atoms with Gasteiger partial charge in [0.15, 0.2) is 0 Å². The molecule has 0 spiro atoms. The Hall–Kier alpha value is -2.73. The van der Waals surface area contributed by atoms with Crippen LogP contribution in [0.4, 0.5) is 5.69 Å². The number of hydrogen-bond acceptors (Lipinski definition) is 5. The Balaban J connectivity index is 1.35. The number of carbonyl (C=O) groups is 1. The lowest BCUT2D eigenvalue weighted by Gasteiger charge is -2.35. The van der Waals surface area contributed by atoms with Gasteiger partial charge in [-0.2, -0.15) is 0 Å². The molecule has 28 heavy (non-hydrogen) atoms. The first-order valence-corrected chi connectivity index (χ1v) is 9.75. The zero-order valence-corrected chi connectivity index (χ0v) is 16.6. The fourth-order valence-electron chi connectivity index (χ4n) is 3.45. The van der Waals surface area contributed by atoms with Crippen LogP contribution in [0.2, 0.25) is 0 Å². The van der Waals surface area contributed by atoms with Gasteiger partial charge in [0, 0.05) is 26.2 Å². The van der Waals surface area contributed by atoms with Crippen LogP contribution in [0.3, 0.4) is 0 Å². The molecule has 1 saturated heterocycles. The summed E-state index contributed by atoms with van der Waals surface area (Å²) in [7, 11) is 0. The van der Waals surface area contributed by atoms with Crippen molar-refractivity contribution in [1.82, 2.24) is 10.2 Å². The van der Waals surface area contributed by atoms with E-state index in [-0.39, 0.29) is 5.91 Å². The lowest BCUT2D eigenvalue weighted by Crippen LogP contribution is -2.49. The number of phenols is 1. The summed E-state index contributed by atoms with van der Waals surface area (Å²) in [5, 5.41) is 12.9. The number of ether oxygens (including phenoxy) is 1. The fraction of sp³-hybridized carbons (Fsp3) is 0.409. The van der Waals surface area contributed by atoms with Crippen LogP contribution in [0, 0.1) is 13.8 Å². The number of piperazine rings is 1. The quantitative estimate of drug-likeness (QED) is 0.719. The zero-order valence-electron chi connectivity index (χ0n) is 16.6. The monoisotopic (exact) mass is 383 g/mol. The minimum atomic E-state index is 0.0141. The predicted molar refractivity (Wildman–Crippen MR) is 111 cm³/mol. The molecule has 3 rings (SSSR count). The Kier molecular flexibility index (Phi) is 6.76. The van der Waals surface area contributed by atoms with Crippen LogP contribution in [-0.4, -0.2) is 61.8 Å². The molecule has 0 bridgehead atoms. The average Bonchev–Trinajstić information content (AvgIpc) is 2.68. The molecule has 2 N–H and O–H groups in total. The lowest BCUT2D eigenvalue weighted by molar-refractivity contribution is -0.122. The summed E-state index contributed by atoms with van der Waals surface area (Å²) < 4.78 is 5.75. The van der Waals surface area contributed by atoms with Crippen molar-refractivity contribution >= 4 is 11.6 Å². The third-order valence-corrected chi connectivity index (χ3v) is 4.97. The summed E-state index contributed by atoms with van der Waals surface area (Å²) in [6.45, 7) is 8.58. The highest BCUT2D eigenvalue weighted by Crippen LogP contribution is 2.27. The first-order valence-electron chi connectivity index (χ1n) is 9.75. The van der Waals surface area contributed by atoms with Crippen molar-refractivity contribution in [3.05, 3.63) is 53.6 Å². The van der Waals surface area contributed by atoms with E-state index in [4.69, 9.17) is 4.74 Å². The maximum atomic E-state index is 12.2. The van der Waals surface area contributed by atoms with Crippen molar-refractivity contribution in [1.29, 1.82) is 0 Å². The molecule has 1 fully saturated rings. The minimum Gasteiger partial charge on any atom is -0.506 e. The van der Waals surface area contributed by atoms with Crippen molar-refractivity contribution < 1.29 is 14.6 Å². The van der Waals surface area contributed by atoms with E-state index in [0.29, 0.717) is 25.4 Å². The van der Waals surface area contributed by atoms with Gasteiger partial charge in [0.2, 0.25) is 5.91 Å². The molecule has 150 valence electrons. The van der Waals surface area contributed by atoms with Crippen LogP contribution in [0.1, 0.15) is 11.1 Å². The van der Waals surface area contributed by atoms with E-state index in [9.17, 15) is 9.90 Å². The molecule has 0 radical (unpaired) electrons. The normalized spacial score (nSPS) is 14.7. The summed E-state index contributed by atoms with van der Waals surface area (Å²) in [5.74, 6) is 1.18. The Morgan fingerprint density at radius 3 is 2.57 bits per heavy atom. The van der Waals surface area contributed by atoms with Gasteiger partial charge in [0.1, 0.15) is 18.1 Å². The van der Waals surface area contributed by atoms with Crippen molar-refractivity contribution in [3.63, 3.8) is 0 Å². The second-order valence-corrected chi connectivity index (χ2v) is 7.22. The topological polar surface area (TPSA) is 65.0 Å². The number of hydrogen-bond donors (Lipinski definition) is 2. The van der Waals surface area contributed by atoms with Gasteiger partial charge in [-0.3, -0.25) is 9.69 Å². The summed E-state index contributed by atoms with van der Waals surface area (Å²) in [5.41, 5.74) is 3.17. The van der Waals surface area contributed by atoms with E-state index in [1.165, 1.54) is 5.56 Å². The molecule has 0 aromatic heterocycles. The Morgan fingerprint density at radius 2 is 1.86 bits per heavy atom. The Bertz CT molecular complexity index is 801. The highest BCUT2D eigenvalue weighted by Gasteiger charge is 2.20. The average molecular weight is 383 g/mol. The maximum Gasteiger partial charge on any atom is 0.234 e. The molecule has 2 aromatic rings. The number of anilines is 1. The van der Waals surface area contributed by atoms with Crippen LogP contribution in [0.5, 0.6) is 11.5 Å². The predicted octanol–water partition coefficient (Wildman–Crippen LogP) is 2.33. The second-order valence-electron chi connectivity index (χ2n) is 7.22. The molecule has 1 aliphatic rings. The SMILES string of the molecule is Cc1ccc(OCCNC(=O)CN2CCN(c3ccccc3O)CC2)c(C)c1. The maximum absolute atomic E-state index is 12.2. The van der Waals surface area contributed by atoms with E-state index in [2.05, 4.69) is 28.1 Å². The molecule has 1 aliphatic heterocycles. The van der Waals surface area contributed by atoms with E-state index >= 15 is 0 Å². The molecule has 6 heteroatoms. The standard InChI is InChI=1S/C22H29N3O3/c1-17-7-8-21(18(2)15-17)28-14-9-23-22(27)16-24-10-12-25(13-11-24)19-5-3-4-6-20(19)26/h3-8,15,26H,9-14,16H2,1-2H3,(H,23,27). The van der Waals surface area contributed by atoms with Crippen molar-refractivity contribution in [2.45, 2.75) is 13.8 Å². The van der Waals surface area contributed by atoms with Crippen molar-refractivity contribution in [3.8, 4) is 11.5 Å². The van der Waals surface area contributed by atoms with Gasteiger partial charge in [0.05, 0.1) is 18.8 Å². The highest BCUT2D eigenvalue weighted by atomic mass is 16.5. The van der Waals surface area contributed by atoms with E-state index in [0.717, 1.165) is 43.2 Å². The third-order valence-electron chi connectivity index (χ3n) is 4.97. The summed E-state index contributed by atoms with van der Waals surface area (Å²) in [6.07, 6.45) is 0. The summed E-state index contributed by atoms with van der Waals surface area (Å²) in [6, 6.07) is 13.5. The number of amides is 1. The molecule has 0 saturated carbocycles. The van der Waals surface area contributed by atoms with Gasteiger partial charge in [-0.1, -0.05) is 29.8 Å². The Morgan fingerprint density at radius 1 is 1.11 bits per heavy atom. The van der Waals surface area contributed by atoms with Crippen LogP contribution in [0.15, 0.2) is 42.5 Å². The Labute approximate surface area is 166 Å². The van der Waals surface area contributed by atoms with E-state index in [1.807, 2.05) is 37.3 Å². The number of nitrogens with one attached hydrogen (secondary N) is 1. The number of carbonyl (C=O) groups excluding carboxylic acids is 1. The number of nitrogens with zero attached hydrogens (tertiary/aromatic N) is 2. The molecule has 0 atom stereocenters. The number of para-hydroxylation sites is 2. The first-order chi connectivity index (χ1) is 13.5. The number of phenolic OH excluding ortho intramolecular Hbond substituents is 1. The third kappa shape index (κ3) is 5.39. The summed E-state index contributed by atoms with van der Waals surface area (Å²) >= 11 is 0. The lowest BCUT2D eigenvalue weighted by atomic mass is 10.1. The largest absolute Gasteiger partial charge is 0.506 e. The zero-order chi connectivity index (χ0) is 19.9.